The van der Waals surface area contributed by atoms with E-state index in [0.29, 0.717) is 12.8 Å². The predicted molar refractivity (Wildman–Crippen MR) is 43.5 cm³/mol. The lowest BCUT2D eigenvalue weighted by atomic mass is 9.79. The van der Waals surface area contributed by atoms with E-state index >= 15 is 0 Å². The Morgan fingerprint density at radius 3 is 2.45 bits per heavy atom. The maximum absolute atomic E-state index is 11.1. The topological polar surface area (TPSA) is 37.3 Å². The molecule has 0 saturated heterocycles. The number of carbonyl (C=O) groups excluding carboxylic acids is 1. The summed E-state index contributed by atoms with van der Waals surface area (Å²) in [5, 5.41) is 9.23. The molecule has 0 fully saturated rings. The standard InChI is InChI=1S/C8H11ClO2/c1-8(2)3-5(10)7(9)6(11)4-8/h10H,3-4H2,1-2H3. The average molecular weight is 175 g/mol. The highest BCUT2D eigenvalue weighted by Gasteiger charge is 2.31. The molecule has 62 valence electrons. The van der Waals surface area contributed by atoms with Gasteiger partial charge in [-0.05, 0) is 5.41 Å². The summed E-state index contributed by atoms with van der Waals surface area (Å²) in [6, 6.07) is 0. The zero-order valence-electron chi connectivity index (χ0n) is 6.65. The Bertz CT molecular complexity index is 228. The van der Waals surface area contributed by atoms with Crippen molar-refractivity contribution in [3.63, 3.8) is 0 Å². The summed E-state index contributed by atoms with van der Waals surface area (Å²) in [5.74, 6) is -0.117. The van der Waals surface area contributed by atoms with Gasteiger partial charge in [0, 0.05) is 12.8 Å². The lowest BCUT2D eigenvalue weighted by molar-refractivity contribution is -0.117. The van der Waals surface area contributed by atoms with E-state index in [9.17, 15) is 9.90 Å². The van der Waals surface area contributed by atoms with Crippen LogP contribution in [-0.2, 0) is 4.79 Å². The van der Waals surface area contributed by atoms with Crippen LogP contribution in [0.1, 0.15) is 26.7 Å². The van der Waals surface area contributed by atoms with Crippen molar-refractivity contribution in [3.8, 4) is 0 Å². The Labute approximate surface area is 70.9 Å². The van der Waals surface area contributed by atoms with Crippen molar-refractivity contribution in [1.82, 2.24) is 0 Å². The highest BCUT2D eigenvalue weighted by Crippen LogP contribution is 2.36. The van der Waals surface area contributed by atoms with Crippen molar-refractivity contribution in [2.24, 2.45) is 5.41 Å². The normalized spacial score (nSPS) is 24.1. The van der Waals surface area contributed by atoms with Gasteiger partial charge >= 0.3 is 0 Å². The predicted octanol–water partition coefficient (Wildman–Crippen LogP) is 2.38. The maximum Gasteiger partial charge on any atom is 0.178 e. The average Bonchev–Trinajstić information content (AvgIpc) is 1.81. The SMILES string of the molecule is CC1(C)CC(=O)C(Cl)=C(O)C1. The summed E-state index contributed by atoms with van der Waals surface area (Å²) in [6.07, 6.45) is 0.924. The second-order valence-corrected chi connectivity index (χ2v) is 4.08. The molecule has 0 heterocycles. The molecule has 0 aromatic carbocycles. The zero-order valence-corrected chi connectivity index (χ0v) is 7.40. The molecule has 1 N–H and O–H groups in total. The van der Waals surface area contributed by atoms with E-state index in [1.807, 2.05) is 13.8 Å². The van der Waals surface area contributed by atoms with Crippen LogP contribution in [0.5, 0.6) is 0 Å². The van der Waals surface area contributed by atoms with Crippen LogP contribution in [0.25, 0.3) is 0 Å². The first-order chi connectivity index (χ1) is 4.92. The maximum atomic E-state index is 11.1. The fourth-order valence-corrected chi connectivity index (χ4v) is 1.40. The summed E-state index contributed by atoms with van der Waals surface area (Å²) in [6.45, 7) is 3.87. The van der Waals surface area contributed by atoms with Crippen LogP contribution in [0.4, 0.5) is 0 Å². The van der Waals surface area contributed by atoms with Gasteiger partial charge in [0.1, 0.15) is 10.8 Å². The van der Waals surface area contributed by atoms with E-state index in [0.717, 1.165) is 0 Å². The third kappa shape index (κ3) is 1.74. The molecule has 0 unspecified atom stereocenters. The number of halogens is 1. The van der Waals surface area contributed by atoms with Crippen LogP contribution in [-0.4, -0.2) is 10.9 Å². The van der Waals surface area contributed by atoms with Crippen molar-refractivity contribution in [2.75, 3.05) is 0 Å². The minimum atomic E-state index is -0.152. The van der Waals surface area contributed by atoms with Crippen LogP contribution in [0.2, 0.25) is 0 Å². The smallest absolute Gasteiger partial charge is 0.178 e. The fourth-order valence-electron chi connectivity index (χ4n) is 1.27. The van der Waals surface area contributed by atoms with Crippen molar-refractivity contribution >= 4 is 17.4 Å². The largest absolute Gasteiger partial charge is 0.511 e. The third-order valence-electron chi connectivity index (χ3n) is 1.78. The van der Waals surface area contributed by atoms with E-state index in [4.69, 9.17) is 11.6 Å². The van der Waals surface area contributed by atoms with E-state index in [1.165, 1.54) is 0 Å². The van der Waals surface area contributed by atoms with Crippen molar-refractivity contribution in [1.29, 1.82) is 0 Å². The molecule has 0 radical (unpaired) electrons. The quantitative estimate of drug-likeness (QED) is 0.612. The molecule has 11 heavy (non-hydrogen) atoms. The van der Waals surface area contributed by atoms with Crippen LogP contribution < -0.4 is 0 Å². The van der Waals surface area contributed by atoms with Gasteiger partial charge in [-0.3, -0.25) is 4.79 Å². The molecule has 0 spiro atoms. The lowest BCUT2D eigenvalue weighted by Crippen LogP contribution is -2.23. The first kappa shape index (κ1) is 8.60. The Kier molecular flexibility index (Phi) is 1.97. The number of aliphatic hydroxyl groups excluding tert-OH is 1. The van der Waals surface area contributed by atoms with E-state index in [2.05, 4.69) is 0 Å². The zero-order chi connectivity index (χ0) is 8.65. The van der Waals surface area contributed by atoms with E-state index < -0.39 is 0 Å². The minimum absolute atomic E-state index is 0.0179. The summed E-state index contributed by atoms with van der Waals surface area (Å²) in [7, 11) is 0. The number of hydrogen-bond donors (Lipinski definition) is 1. The Morgan fingerprint density at radius 1 is 1.45 bits per heavy atom. The molecule has 0 bridgehead atoms. The second-order valence-electron chi connectivity index (χ2n) is 3.70. The van der Waals surface area contributed by atoms with Crippen LogP contribution in [0, 0.1) is 5.41 Å². The van der Waals surface area contributed by atoms with Gasteiger partial charge in [0.2, 0.25) is 0 Å². The van der Waals surface area contributed by atoms with Crippen molar-refractivity contribution in [3.05, 3.63) is 10.8 Å². The van der Waals surface area contributed by atoms with Gasteiger partial charge in [0.05, 0.1) is 0 Å². The summed E-state index contributed by atoms with van der Waals surface area (Å²) in [5.41, 5.74) is -0.139. The number of ketones is 1. The molecular formula is C8H11ClO2. The molecular weight excluding hydrogens is 164 g/mol. The van der Waals surface area contributed by atoms with E-state index in [1.54, 1.807) is 0 Å². The summed E-state index contributed by atoms with van der Waals surface area (Å²) < 4.78 is 0. The molecule has 0 aromatic heterocycles. The molecule has 3 heteroatoms. The first-order valence-electron chi connectivity index (χ1n) is 3.53. The van der Waals surface area contributed by atoms with Crippen molar-refractivity contribution in [2.45, 2.75) is 26.7 Å². The Balaban J connectivity index is 2.94. The van der Waals surface area contributed by atoms with Gasteiger partial charge in [-0.15, -0.1) is 0 Å². The van der Waals surface area contributed by atoms with Crippen molar-refractivity contribution < 1.29 is 9.90 Å². The number of allylic oxidation sites excluding steroid dienone is 2. The number of rotatable bonds is 0. The Hall–Kier alpha value is -0.500. The molecule has 0 aromatic rings. The van der Waals surface area contributed by atoms with Gasteiger partial charge in [-0.2, -0.15) is 0 Å². The molecule has 0 atom stereocenters. The number of aliphatic hydroxyl groups is 1. The molecule has 1 aliphatic carbocycles. The van der Waals surface area contributed by atoms with Gasteiger partial charge in [-0.1, -0.05) is 25.4 Å². The summed E-state index contributed by atoms with van der Waals surface area (Å²) >= 11 is 5.52. The molecule has 0 aliphatic heterocycles. The van der Waals surface area contributed by atoms with Gasteiger partial charge in [-0.25, -0.2) is 0 Å². The summed E-state index contributed by atoms with van der Waals surface area (Å²) in [4.78, 5) is 11.1. The number of carbonyl (C=O) groups is 1. The monoisotopic (exact) mass is 174 g/mol. The second kappa shape index (κ2) is 2.52. The lowest BCUT2D eigenvalue weighted by Gasteiger charge is -2.27. The van der Waals surface area contributed by atoms with E-state index in [-0.39, 0.29) is 22.0 Å². The molecule has 2 nitrogen and oxygen atoms in total. The van der Waals surface area contributed by atoms with Crippen LogP contribution >= 0.6 is 11.6 Å². The minimum Gasteiger partial charge on any atom is -0.511 e. The molecule has 1 aliphatic rings. The molecule has 1 rings (SSSR count). The fraction of sp³-hybridized carbons (Fsp3) is 0.625. The molecule has 0 amide bonds. The van der Waals surface area contributed by atoms with Crippen LogP contribution in [0.3, 0.4) is 0 Å². The highest BCUT2D eigenvalue weighted by molar-refractivity contribution is 6.43. The third-order valence-corrected chi connectivity index (χ3v) is 2.21. The van der Waals surface area contributed by atoms with Gasteiger partial charge in [0.15, 0.2) is 5.78 Å². The van der Waals surface area contributed by atoms with Gasteiger partial charge < -0.3 is 5.11 Å². The van der Waals surface area contributed by atoms with Gasteiger partial charge in [0.25, 0.3) is 0 Å². The number of hydrogen-bond acceptors (Lipinski definition) is 2. The number of Topliss-reactive ketones (excluding diaryl/α,β-unsaturated/α-hetero) is 1. The first-order valence-corrected chi connectivity index (χ1v) is 3.91. The molecule has 0 saturated carbocycles. The Morgan fingerprint density at radius 2 is 2.00 bits per heavy atom. The van der Waals surface area contributed by atoms with Crippen LogP contribution in [0.15, 0.2) is 10.8 Å². The highest BCUT2D eigenvalue weighted by atomic mass is 35.5.